The van der Waals surface area contributed by atoms with Crippen LogP contribution in [0.25, 0.3) is 0 Å². The van der Waals surface area contributed by atoms with Crippen molar-refractivity contribution < 1.29 is 4.74 Å². The van der Waals surface area contributed by atoms with Gasteiger partial charge in [-0.05, 0) is 35.7 Å². The highest BCUT2D eigenvalue weighted by Gasteiger charge is 2.25. The summed E-state index contributed by atoms with van der Waals surface area (Å²) in [5.74, 6) is 2.66. The number of hydrogen-bond donors (Lipinski definition) is 1. The first-order chi connectivity index (χ1) is 11.1. The summed E-state index contributed by atoms with van der Waals surface area (Å²) in [6, 6.07) is 7.75. The van der Waals surface area contributed by atoms with Crippen molar-refractivity contribution in [3.05, 3.63) is 35.7 Å². The molecule has 0 bridgehead atoms. The lowest BCUT2D eigenvalue weighted by Crippen LogP contribution is -2.24. The van der Waals surface area contributed by atoms with E-state index in [2.05, 4.69) is 24.0 Å². The highest BCUT2D eigenvalue weighted by atomic mass is 32.2. The molecule has 122 valence electrons. The molecule has 0 saturated heterocycles. The van der Waals surface area contributed by atoms with Gasteiger partial charge in [0.2, 0.25) is 5.16 Å². The fraction of sp³-hybridized carbons (Fsp3) is 0.438. The maximum absolute atomic E-state index is 6.32. The highest BCUT2D eigenvalue weighted by Crippen LogP contribution is 2.28. The molecular formula is C16H21N5OS. The van der Waals surface area contributed by atoms with Gasteiger partial charge in [0.15, 0.2) is 5.82 Å². The molecule has 0 spiro atoms. The Morgan fingerprint density at radius 2 is 2.04 bits per heavy atom. The van der Waals surface area contributed by atoms with E-state index in [1.807, 2.05) is 24.3 Å². The van der Waals surface area contributed by atoms with Crippen molar-refractivity contribution in [3.63, 3.8) is 0 Å². The van der Waals surface area contributed by atoms with E-state index in [0.29, 0.717) is 5.92 Å². The highest BCUT2D eigenvalue weighted by molar-refractivity contribution is 7.99. The fourth-order valence-electron chi connectivity index (χ4n) is 2.38. The molecule has 23 heavy (non-hydrogen) atoms. The molecule has 0 saturated carbocycles. The summed E-state index contributed by atoms with van der Waals surface area (Å²) < 4.78 is 7.00. The Labute approximate surface area is 140 Å². The van der Waals surface area contributed by atoms with Crippen LogP contribution in [0.1, 0.15) is 37.7 Å². The van der Waals surface area contributed by atoms with Crippen LogP contribution >= 0.6 is 11.8 Å². The van der Waals surface area contributed by atoms with Crippen molar-refractivity contribution in [2.45, 2.75) is 31.5 Å². The number of rotatable bonds is 5. The topological polar surface area (TPSA) is 78.3 Å². The van der Waals surface area contributed by atoms with Crippen LogP contribution < -0.4 is 10.5 Å². The molecule has 1 aromatic heterocycles. The van der Waals surface area contributed by atoms with E-state index in [1.54, 1.807) is 23.5 Å². The van der Waals surface area contributed by atoms with Crippen LogP contribution in [0.2, 0.25) is 0 Å². The van der Waals surface area contributed by atoms with E-state index in [-0.39, 0.29) is 6.04 Å². The van der Waals surface area contributed by atoms with E-state index >= 15 is 0 Å². The summed E-state index contributed by atoms with van der Waals surface area (Å²) in [6.45, 7) is 4.25. The second-order valence-corrected chi connectivity index (χ2v) is 6.57. The Bertz CT molecular complexity index is 710. The molecule has 2 aromatic rings. The molecule has 0 fully saturated rings. The summed E-state index contributed by atoms with van der Waals surface area (Å²) in [5.41, 5.74) is 8.38. The number of ether oxygens (including phenoxy) is 1. The molecule has 1 aliphatic rings. The van der Waals surface area contributed by atoms with Crippen LogP contribution in [0.5, 0.6) is 5.75 Å². The van der Waals surface area contributed by atoms with Crippen LogP contribution in [-0.4, -0.2) is 33.4 Å². The molecule has 6 nitrogen and oxygen atoms in total. The van der Waals surface area contributed by atoms with Gasteiger partial charge in [0, 0.05) is 5.75 Å². The van der Waals surface area contributed by atoms with Crippen molar-refractivity contribution in [2.24, 2.45) is 16.8 Å². The number of aromatic nitrogens is 3. The molecule has 2 atom stereocenters. The smallest absolute Gasteiger partial charge is 0.212 e. The molecule has 2 unspecified atom stereocenters. The first-order valence-corrected chi connectivity index (χ1v) is 8.68. The van der Waals surface area contributed by atoms with Gasteiger partial charge in [-0.1, -0.05) is 32.0 Å². The monoisotopic (exact) mass is 331 g/mol. The van der Waals surface area contributed by atoms with Crippen molar-refractivity contribution >= 4 is 17.5 Å². The van der Waals surface area contributed by atoms with Crippen LogP contribution in [-0.2, 0) is 0 Å². The molecule has 0 aliphatic carbocycles. The Hall–Kier alpha value is -1.86. The van der Waals surface area contributed by atoms with Crippen LogP contribution in [0.15, 0.2) is 34.5 Å². The predicted octanol–water partition coefficient (Wildman–Crippen LogP) is 2.69. The lowest BCUT2D eigenvalue weighted by atomic mass is 10.00. The van der Waals surface area contributed by atoms with Gasteiger partial charge in [-0.15, -0.1) is 10.2 Å². The molecule has 7 heteroatoms. The summed E-state index contributed by atoms with van der Waals surface area (Å²) in [6.07, 6.45) is 0.992. The van der Waals surface area contributed by atoms with Gasteiger partial charge in [0.1, 0.15) is 5.75 Å². The van der Waals surface area contributed by atoms with Crippen LogP contribution in [0.4, 0.5) is 0 Å². The lowest BCUT2D eigenvalue weighted by Gasteiger charge is -2.19. The van der Waals surface area contributed by atoms with Crippen molar-refractivity contribution in [2.75, 3.05) is 12.9 Å². The van der Waals surface area contributed by atoms with Gasteiger partial charge in [0.25, 0.3) is 0 Å². The van der Waals surface area contributed by atoms with Gasteiger partial charge in [-0.25, -0.2) is 0 Å². The molecule has 3 rings (SSSR count). The Morgan fingerprint density at radius 3 is 2.70 bits per heavy atom. The number of nitrogens with zero attached hydrogens (tertiary/aromatic N) is 4. The van der Waals surface area contributed by atoms with E-state index in [1.165, 1.54) is 0 Å². The Morgan fingerprint density at radius 1 is 1.30 bits per heavy atom. The first kappa shape index (κ1) is 16.0. The first-order valence-electron chi connectivity index (χ1n) is 7.70. The largest absolute Gasteiger partial charge is 0.497 e. The second-order valence-electron chi connectivity index (χ2n) is 5.63. The standard InChI is InChI=1S/C16H21N5OS/c1-4-10(2)14(17)15-18-19-16-21(15)20-13(9-23-16)11-5-7-12(22-3)8-6-11/h5-8,10,14H,4,9,17H2,1-3H3. The number of nitrogens with two attached hydrogens (primary N) is 1. The minimum absolute atomic E-state index is 0.166. The van der Waals surface area contributed by atoms with Crippen molar-refractivity contribution in [3.8, 4) is 5.75 Å². The third-order valence-electron chi connectivity index (χ3n) is 4.17. The zero-order valence-electron chi connectivity index (χ0n) is 13.6. The van der Waals surface area contributed by atoms with Gasteiger partial charge >= 0.3 is 0 Å². The van der Waals surface area contributed by atoms with E-state index in [9.17, 15) is 0 Å². The molecule has 1 aromatic carbocycles. The van der Waals surface area contributed by atoms with Gasteiger partial charge in [-0.3, -0.25) is 0 Å². The number of methoxy groups -OCH3 is 1. The van der Waals surface area contributed by atoms with Crippen molar-refractivity contribution in [1.82, 2.24) is 14.9 Å². The summed E-state index contributed by atoms with van der Waals surface area (Å²) >= 11 is 1.63. The molecule has 2 heterocycles. The summed E-state index contributed by atoms with van der Waals surface area (Å²) in [4.78, 5) is 0. The van der Waals surface area contributed by atoms with Crippen LogP contribution in [0.3, 0.4) is 0 Å². The van der Waals surface area contributed by atoms with E-state index < -0.39 is 0 Å². The fourth-order valence-corrected chi connectivity index (χ4v) is 3.23. The maximum atomic E-state index is 6.32. The molecule has 0 amide bonds. The second kappa shape index (κ2) is 6.72. The lowest BCUT2D eigenvalue weighted by molar-refractivity contribution is 0.415. The van der Waals surface area contributed by atoms with Crippen LogP contribution in [0, 0.1) is 5.92 Å². The Kier molecular flexibility index (Phi) is 4.68. The minimum atomic E-state index is -0.166. The van der Waals surface area contributed by atoms with Gasteiger partial charge in [0.05, 0.1) is 18.9 Å². The third-order valence-corrected chi connectivity index (χ3v) is 5.10. The number of thioether (sulfide) groups is 1. The third kappa shape index (κ3) is 3.11. The van der Waals surface area contributed by atoms with E-state index in [4.69, 9.17) is 15.6 Å². The van der Waals surface area contributed by atoms with Gasteiger partial charge < -0.3 is 10.5 Å². The van der Waals surface area contributed by atoms with E-state index in [0.717, 1.165) is 40.2 Å². The van der Waals surface area contributed by atoms with Crippen molar-refractivity contribution in [1.29, 1.82) is 0 Å². The minimum Gasteiger partial charge on any atom is -0.497 e. The predicted molar refractivity (Wildman–Crippen MR) is 92.1 cm³/mol. The number of fused-ring (bicyclic) bond motifs is 1. The quantitative estimate of drug-likeness (QED) is 0.911. The zero-order valence-corrected chi connectivity index (χ0v) is 14.4. The summed E-state index contributed by atoms with van der Waals surface area (Å²) in [7, 11) is 1.66. The zero-order chi connectivity index (χ0) is 16.4. The molecule has 1 aliphatic heterocycles. The summed E-state index contributed by atoms with van der Waals surface area (Å²) in [5, 5.41) is 14.0. The SMILES string of the molecule is CCC(C)C(N)c1nnc2n1N=C(c1ccc(OC)cc1)CS2. The average molecular weight is 331 g/mol. The maximum Gasteiger partial charge on any atom is 0.212 e. The number of hydrogen-bond acceptors (Lipinski definition) is 6. The molecule has 2 N–H and O–H groups in total. The normalized spacial score (nSPS) is 16.4. The Balaban J connectivity index is 1.94. The van der Waals surface area contributed by atoms with Gasteiger partial charge in [-0.2, -0.15) is 9.78 Å². The number of benzene rings is 1. The molecular weight excluding hydrogens is 310 g/mol. The molecule has 0 radical (unpaired) electrons. The average Bonchev–Trinajstić information content (AvgIpc) is 3.03.